The van der Waals surface area contributed by atoms with Crippen molar-refractivity contribution in [2.45, 2.75) is 46.7 Å². The molecule has 1 aromatic heterocycles. The summed E-state index contributed by atoms with van der Waals surface area (Å²) in [5.41, 5.74) is 3.00. The Bertz CT molecular complexity index is 897. The minimum absolute atomic E-state index is 0.0919. The molecule has 1 aliphatic rings. The number of carbonyl (C=O) groups excluding carboxylic acids is 1. The van der Waals surface area contributed by atoms with Gasteiger partial charge in [0.1, 0.15) is 18.1 Å². The molecule has 3 rings (SSSR count). The average molecular weight is 345 g/mol. The monoisotopic (exact) mass is 345 g/mol. The molecular weight excluding hydrogens is 322 g/mol. The van der Waals surface area contributed by atoms with Gasteiger partial charge in [0, 0.05) is 29.1 Å². The standard InChI is InChI=1S/C19H23NO5/c1-10(2)20-8-13-6-14-11(3)15(7-16(21)23-5)19(22)25-18(14)12(4)17(13)24-9-20/h6,10H,7-9H2,1-5H3. The molecule has 1 aromatic carbocycles. The largest absolute Gasteiger partial charge is 0.477 e. The van der Waals surface area contributed by atoms with E-state index in [9.17, 15) is 9.59 Å². The third-order valence-corrected chi connectivity index (χ3v) is 4.86. The Hall–Kier alpha value is -2.34. The Labute approximate surface area is 146 Å². The molecule has 0 spiro atoms. The number of nitrogens with zero attached hydrogens (tertiary/aromatic N) is 1. The van der Waals surface area contributed by atoms with Crippen LogP contribution in [0.1, 0.15) is 36.1 Å². The number of rotatable bonds is 3. The van der Waals surface area contributed by atoms with Crippen molar-refractivity contribution >= 4 is 16.9 Å². The molecule has 6 heteroatoms. The highest BCUT2D eigenvalue weighted by Gasteiger charge is 2.25. The average Bonchev–Trinajstić information content (AvgIpc) is 2.59. The van der Waals surface area contributed by atoms with Crippen molar-refractivity contribution in [3.63, 3.8) is 0 Å². The zero-order valence-corrected chi connectivity index (χ0v) is 15.3. The van der Waals surface area contributed by atoms with Gasteiger partial charge in [-0.15, -0.1) is 0 Å². The van der Waals surface area contributed by atoms with Gasteiger partial charge in [-0.25, -0.2) is 4.79 Å². The second-order valence-corrected chi connectivity index (χ2v) is 6.73. The summed E-state index contributed by atoms with van der Waals surface area (Å²) in [6, 6.07) is 2.37. The van der Waals surface area contributed by atoms with Gasteiger partial charge in [-0.05, 0) is 39.3 Å². The normalized spacial score (nSPS) is 14.5. The van der Waals surface area contributed by atoms with E-state index in [-0.39, 0.29) is 6.42 Å². The van der Waals surface area contributed by atoms with Crippen LogP contribution in [0.25, 0.3) is 11.0 Å². The highest BCUT2D eigenvalue weighted by Crippen LogP contribution is 2.36. The van der Waals surface area contributed by atoms with Crippen molar-refractivity contribution < 1.29 is 18.7 Å². The maximum absolute atomic E-state index is 12.3. The molecule has 6 nitrogen and oxygen atoms in total. The number of hydrogen-bond acceptors (Lipinski definition) is 6. The highest BCUT2D eigenvalue weighted by molar-refractivity contribution is 5.88. The lowest BCUT2D eigenvalue weighted by Gasteiger charge is -2.33. The summed E-state index contributed by atoms with van der Waals surface area (Å²) in [7, 11) is 1.30. The summed E-state index contributed by atoms with van der Waals surface area (Å²) >= 11 is 0. The van der Waals surface area contributed by atoms with Crippen molar-refractivity contribution in [3.8, 4) is 5.75 Å². The molecule has 0 saturated carbocycles. The molecule has 0 unspecified atom stereocenters. The fraction of sp³-hybridized carbons (Fsp3) is 0.474. The van der Waals surface area contributed by atoms with Gasteiger partial charge < -0.3 is 13.9 Å². The number of benzene rings is 1. The quantitative estimate of drug-likeness (QED) is 0.629. The lowest BCUT2D eigenvalue weighted by molar-refractivity contribution is -0.139. The Morgan fingerprint density at radius 1 is 1.32 bits per heavy atom. The SMILES string of the molecule is COC(=O)Cc1c(C)c2cc3c(c(C)c2oc1=O)OCN(C(C)C)C3. The molecule has 0 fully saturated rings. The molecule has 1 aliphatic heterocycles. The van der Waals surface area contributed by atoms with Gasteiger partial charge in [0.05, 0.1) is 19.1 Å². The maximum Gasteiger partial charge on any atom is 0.340 e. The predicted molar refractivity (Wildman–Crippen MR) is 93.9 cm³/mol. The molecule has 0 amide bonds. The molecule has 134 valence electrons. The van der Waals surface area contributed by atoms with Gasteiger partial charge in [-0.3, -0.25) is 9.69 Å². The molecule has 0 saturated heterocycles. The van der Waals surface area contributed by atoms with E-state index in [1.54, 1.807) is 0 Å². The van der Waals surface area contributed by atoms with Crippen molar-refractivity contribution in [1.82, 2.24) is 4.90 Å². The van der Waals surface area contributed by atoms with Crippen LogP contribution >= 0.6 is 0 Å². The molecule has 2 heterocycles. The van der Waals surface area contributed by atoms with Gasteiger partial charge in [0.15, 0.2) is 0 Å². The molecule has 25 heavy (non-hydrogen) atoms. The molecule has 0 N–H and O–H groups in total. The minimum atomic E-state index is -0.502. The summed E-state index contributed by atoms with van der Waals surface area (Å²) in [5, 5.41) is 0.837. The van der Waals surface area contributed by atoms with E-state index in [4.69, 9.17) is 9.15 Å². The summed E-state index contributed by atoms with van der Waals surface area (Å²) in [4.78, 5) is 26.2. The van der Waals surface area contributed by atoms with Crippen LogP contribution in [0.3, 0.4) is 0 Å². The third kappa shape index (κ3) is 3.02. The third-order valence-electron chi connectivity index (χ3n) is 4.86. The van der Waals surface area contributed by atoms with Crippen molar-refractivity contribution in [2.24, 2.45) is 0 Å². The molecule has 0 aliphatic carbocycles. The van der Waals surface area contributed by atoms with Crippen LogP contribution in [0.15, 0.2) is 15.3 Å². The number of methoxy groups -OCH3 is 1. The van der Waals surface area contributed by atoms with Gasteiger partial charge in [-0.1, -0.05) is 0 Å². The molecular formula is C19H23NO5. The van der Waals surface area contributed by atoms with E-state index in [1.807, 2.05) is 19.9 Å². The maximum atomic E-state index is 12.3. The number of hydrogen-bond donors (Lipinski definition) is 0. The van der Waals surface area contributed by atoms with Gasteiger partial charge in [-0.2, -0.15) is 0 Å². The van der Waals surface area contributed by atoms with Crippen molar-refractivity contribution in [3.05, 3.63) is 38.7 Å². The number of aryl methyl sites for hydroxylation is 2. The Balaban J connectivity index is 2.18. The van der Waals surface area contributed by atoms with Crippen LogP contribution in [0.5, 0.6) is 5.75 Å². The van der Waals surface area contributed by atoms with E-state index in [0.29, 0.717) is 23.9 Å². The summed E-state index contributed by atoms with van der Waals surface area (Å²) in [6.45, 7) is 9.28. The summed E-state index contributed by atoms with van der Waals surface area (Å²) < 4.78 is 16.1. The number of fused-ring (bicyclic) bond motifs is 2. The van der Waals surface area contributed by atoms with Crippen LogP contribution in [0.4, 0.5) is 0 Å². The summed E-state index contributed by atoms with van der Waals surface area (Å²) in [6.07, 6.45) is -0.0919. The molecule has 0 atom stereocenters. The lowest BCUT2D eigenvalue weighted by atomic mass is 9.97. The van der Waals surface area contributed by atoms with Gasteiger partial charge in [0.25, 0.3) is 0 Å². The highest BCUT2D eigenvalue weighted by atomic mass is 16.5. The van der Waals surface area contributed by atoms with E-state index in [0.717, 1.165) is 34.4 Å². The summed E-state index contributed by atoms with van der Waals surface area (Å²) in [5.74, 6) is 0.325. The Morgan fingerprint density at radius 2 is 2.04 bits per heavy atom. The predicted octanol–water partition coefficient (Wildman–Crippen LogP) is 2.69. The van der Waals surface area contributed by atoms with Crippen LogP contribution in [0.2, 0.25) is 0 Å². The topological polar surface area (TPSA) is 69.0 Å². The smallest absolute Gasteiger partial charge is 0.340 e. The molecule has 2 aromatic rings. The zero-order chi connectivity index (χ0) is 18.3. The lowest BCUT2D eigenvalue weighted by Crippen LogP contribution is -2.37. The van der Waals surface area contributed by atoms with E-state index in [1.165, 1.54) is 7.11 Å². The van der Waals surface area contributed by atoms with Crippen LogP contribution in [-0.4, -0.2) is 30.8 Å². The number of carbonyl (C=O) groups is 1. The number of ether oxygens (including phenoxy) is 2. The van der Waals surface area contributed by atoms with Gasteiger partial charge in [0.2, 0.25) is 0 Å². The second kappa shape index (κ2) is 6.52. The van der Waals surface area contributed by atoms with Crippen LogP contribution < -0.4 is 10.4 Å². The molecule has 0 radical (unpaired) electrons. The van der Waals surface area contributed by atoms with Crippen LogP contribution in [0, 0.1) is 13.8 Å². The van der Waals surface area contributed by atoms with Crippen LogP contribution in [-0.2, 0) is 22.5 Å². The minimum Gasteiger partial charge on any atom is -0.477 e. The first-order valence-corrected chi connectivity index (χ1v) is 8.36. The number of esters is 1. The fourth-order valence-electron chi connectivity index (χ4n) is 3.21. The Morgan fingerprint density at radius 3 is 2.68 bits per heavy atom. The van der Waals surface area contributed by atoms with Gasteiger partial charge >= 0.3 is 11.6 Å². The molecule has 0 bridgehead atoms. The first-order valence-electron chi connectivity index (χ1n) is 8.36. The van der Waals surface area contributed by atoms with E-state index < -0.39 is 11.6 Å². The first kappa shape index (κ1) is 17.5. The fourth-order valence-corrected chi connectivity index (χ4v) is 3.21. The van der Waals surface area contributed by atoms with Crippen molar-refractivity contribution in [1.29, 1.82) is 0 Å². The second-order valence-electron chi connectivity index (χ2n) is 6.73. The van der Waals surface area contributed by atoms with Crippen molar-refractivity contribution in [2.75, 3.05) is 13.8 Å². The Kier molecular flexibility index (Phi) is 4.56. The first-order chi connectivity index (χ1) is 11.8. The zero-order valence-electron chi connectivity index (χ0n) is 15.3. The van der Waals surface area contributed by atoms with E-state index >= 15 is 0 Å². The van der Waals surface area contributed by atoms with E-state index in [2.05, 4.69) is 23.5 Å².